The largest absolute Gasteiger partial charge is 0.464 e. The zero-order valence-electron chi connectivity index (χ0n) is 14.0. The molecule has 0 amide bonds. The van der Waals surface area contributed by atoms with E-state index in [9.17, 15) is 0 Å². The topological polar surface area (TPSA) is 39.9 Å². The van der Waals surface area contributed by atoms with Crippen LogP contribution in [0.5, 0.6) is 0 Å². The van der Waals surface area contributed by atoms with Crippen molar-refractivity contribution in [3.63, 3.8) is 0 Å². The molecule has 2 fully saturated rings. The van der Waals surface area contributed by atoms with Crippen LogP contribution in [0.3, 0.4) is 0 Å². The zero-order chi connectivity index (χ0) is 15.5. The van der Waals surface area contributed by atoms with Gasteiger partial charge in [-0.05, 0) is 50.8 Å². The lowest BCUT2D eigenvalue weighted by atomic mass is 10.0. The Kier molecular flexibility index (Phi) is 5.21. The maximum Gasteiger partial charge on any atom is 0.118 e. The number of furan rings is 1. The summed E-state index contributed by atoms with van der Waals surface area (Å²) in [5.41, 5.74) is 0. The molecule has 0 aromatic carbocycles. The second kappa shape index (κ2) is 7.16. The maximum absolute atomic E-state index is 8.94. The summed E-state index contributed by atoms with van der Waals surface area (Å²) in [5.74, 6) is 3.81. The van der Waals surface area contributed by atoms with Crippen LogP contribution in [0.2, 0.25) is 0 Å². The van der Waals surface area contributed by atoms with Gasteiger partial charge in [0.05, 0.1) is 6.54 Å². The fraction of sp³-hybridized carbons (Fsp3) is 0.778. The fourth-order valence-electron chi connectivity index (χ4n) is 3.64. The van der Waals surface area contributed by atoms with Gasteiger partial charge in [0.2, 0.25) is 0 Å². The van der Waals surface area contributed by atoms with Crippen LogP contribution in [-0.2, 0) is 6.54 Å². The van der Waals surface area contributed by atoms with E-state index in [1.54, 1.807) is 0 Å². The van der Waals surface area contributed by atoms with Gasteiger partial charge in [-0.2, -0.15) is 0 Å². The van der Waals surface area contributed by atoms with E-state index in [0.29, 0.717) is 18.6 Å². The van der Waals surface area contributed by atoms with E-state index in [-0.39, 0.29) is 0 Å². The number of hydrogen-bond acceptors (Lipinski definition) is 4. The lowest BCUT2D eigenvalue weighted by Gasteiger charge is -2.36. The van der Waals surface area contributed by atoms with Gasteiger partial charge in [0.1, 0.15) is 11.5 Å². The molecule has 0 spiro atoms. The highest BCUT2D eigenvalue weighted by Crippen LogP contribution is 2.47. The van der Waals surface area contributed by atoms with Crippen LogP contribution in [0, 0.1) is 5.92 Å². The Hall–Kier alpha value is -0.840. The van der Waals surface area contributed by atoms with Crippen molar-refractivity contribution in [1.29, 1.82) is 0 Å². The number of piperidine rings is 1. The van der Waals surface area contributed by atoms with Crippen molar-refractivity contribution >= 4 is 0 Å². The quantitative estimate of drug-likeness (QED) is 0.841. The third-order valence-corrected chi connectivity index (χ3v) is 5.39. The molecule has 1 saturated heterocycles. The molecule has 1 aliphatic heterocycles. The van der Waals surface area contributed by atoms with Crippen LogP contribution in [0.4, 0.5) is 0 Å². The third-order valence-electron chi connectivity index (χ3n) is 5.39. The first kappa shape index (κ1) is 16.0. The summed E-state index contributed by atoms with van der Waals surface area (Å²) in [4.78, 5) is 4.92. The average Bonchev–Trinajstić information content (AvgIpc) is 3.08. The van der Waals surface area contributed by atoms with Gasteiger partial charge in [-0.1, -0.05) is 6.92 Å². The molecule has 2 aliphatic rings. The molecule has 1 N–H and O–H groups in total. The SMILES string of the molecule is CC1CC1c1ccc(CN2CCC(N(C)CCCO)CC2)o1. The molecule has 2 atom stereocenters. The van der Waals surface area contributed by atoms with Crippen molar-refractivity contribution in [3.05, 3.63) is 23.7 Å². The summed E-state index contributed by atoms with van der Waals surface area (Å²) >= 11 is 0. The van der Waals surface area contributed by atoms with Crippen LogP contribution in [0.1, 0.15) is 50.0 Å². The minimum absolute atomic E-state index is 0.295. The molecule has 1 aromatic rings. The van der Waals surface area contributed by atoms with E-state index in [1.807, 2.05) is 0 Å². The van der Waals surface area contributed by atoms with Crippen LogP contribution in [0.25, 0.3) is 0 Å². The molecule has 4 nitrogen and oxygen atoms in total. The Bertz CT molecular complexity index is 465. The van der Waals surface area contributed by atoms with E-state index in [0.717, 1.165) is 44.3 Å². The molecule has 3 rings (SSSR count). The molecule has 1 aliphatic carbocycles. The monoisotopic (exact) mass is 306 g/mol. The molecular weight excluding hydrogens is 276 g/mol. The zero-order valence-corrected chi connectivity index (χ0v) is 14.0. The molecule has 2 unspecified atom stereocenters. The van der Waals surface area contributed by atoms with Gasteiger partial charge < -0.3 is 14.4 Å². The van der Waals surface area contributed by atoms with Crippen molar-refractivity contribution in [2.24, 2.45) is 5.92 Å². The highest BCUT2D eigenvalue weighted by Gasteiger charge is 2.36. The second-order valence-corrected chi connectivity index (χ2v) is 7.19. The van der Waals surface area contributed by atoms with Gasteiger partial charge in [0.15, 0.2) is 0 Å². The first-order chi connectivity index (χ1) is 10.7. The lowest BCUT2D eigenvalue weighted by molar-refractivity contribution is 0.112. The second-order valence-electron chi connectivity index (χ2n) is 7.19. The number of aliphatic hydroxyl groups is 1. The van der Waals surface area contributed by atoms with Gasteiger partial charge in [-0.15, -0.1) is 0 Å². The van der Waals surface area contributed by atoms with Gasteiger partial charge in [-0.3, -0.25) is 4.90 Å². The normalized spacial score (nSPS) is 26.7. The maximum atomic E-state index is 8.94. The summed E-state index contributed by atoms with van der Waals surface area (Å²) in [7, 11) is 2.19. The summed E-state index contributed by atoms with van der Waals surface area (Å²) in [6.45, 7) is 6.83. The molecule has 2 heterocycles. The first-order valence-corrected chi connectivity index (χ1v) is 8.79. The van der Waals surface area contributed by atoms with Crippen LogP contribution >= 0.6 is 0 Å². The summed E-state index contributed by atoms with van der Waals surface area (Å²) in [6.07, 6.45) is 4.61. The van der Waals surface area contributed by atoms with Crippen molar-refractivity contribution < 1.29 is 9.52 Å². The third kappa shape index (κ3) is 3.92. The molecule has 22 heavy (non-hydrogen) atoms. The molecule has 0 radical (unpaired) electrons. The molecular formula is C18H30N2O2. The number of nitrogens with zero attached hydrogens (tertiary/aromatic N) is 2. The smallest absolute Gasteiger partial charge is 0.118 e. The van der Waals surface area contributed by atoms with Gasteiger partial charge >= 0.3 is 0 Å². The molecule has 4 heteroatoms. The molecule has 124 valence electrons. The van der Waals surface area contributed by atoms with E-state index in [4.69, 9.17) is 9.52 Å². The van der Waals surface area contributed by atoms with Crippen LogP contribution in [-0.4, -0.2) is 54.2 Å². The van der Waals surface area contributed by atoms with Crippen molar-refractivity contribution in [2.75, 3.05) is 33.3 Å². The van der Waals surface area contributed by atoms with Gasteiger partial charge in [-0.25, -0.2) is 0 Å². The Morgan fingerprint density at radius 2 is 2.05 bits per heavy atom. The van der Waals surface area contributed by atoms with E-state index in [2.05, 4.69) is 35.9 Å². The molecule has 1 aromatic heterocycles. The first-order valence-electron chi connectivity index (χ1n) is 8.79. The Balaban J connectivity index is 1.43. The number of likely N-dealkylation sites (tertiary alicyclic amines) is 1. The highest BCUT2D eigenvalue weighted by atomic mass is 16.3. The Morgan fingerprint density at radius 1 is 1.32 bits per heavy atom. The minimum atomic E-state index is 0.295. The summed E-state index contributed by atoms with van der Waals surface area (Å²) in [6, 6.07) is 5.01. The van der Waals surface area contributed by atoms with Crippen LogP contribution < -0.4 is 0 Å². The van der Waals surface area contributed by atoms with Crippen LogP contribution in [0.15, 0.2) is 16.5 Å². The van der Waals surface area contributed by atoms with E-state index in [1.165, 1.54) is 25.0 Å². The van der Waals surface area contributed by atoms with Gasteiger partial charge in [0, 0.05) is 38.2 Å². The minimum Gasteiger partial charge on any atom is -0.464 e. The average molecular weight is 306 g/mol. The van der Waals surface area contributed by atoms with Crippen molar-refractivity contribution in [2.45, 2.75) is 51.1 Å². The standard InChI is InChI=1S/C18H30N2O2/c1-14-12-17(14)18-5-4-16(22-18)13-20-9-6-15(7-10-20)19(2)8-3-11-21/h4-5,14-15,17,21H,3,6-13H2,1-2H3. The number of rotatable bonds is 7. The lowest BCUT2D eigenvalue weighted by Crippen LogP contribution is -2.43. The fourth-order valence-corrected chi connectivity index (χ4v) is 3.64. The number of hydrogen-bond donors (Lipinski definition) is 1. The van der Waals surface area contributed by atoms with Crippen molar-refractivity contribution in [3.8, 4) is 0 Å². The molecule has 0 bridgehead atoms. The van der Waals surface area contributed by atoms with Crippen molar-refractivity contribution in [1.82, 2.24) is 9.80 Å². The Morgan fingerprint density at radius 3 is 2.68 bits per heavy atom. The summed E-state index contributed by atoms with van der Waals surface area (Å²) in [5, 5.41) is 8.94. The number of aliphatic hydroxyl groups excluding tert-OH is 1. The van der Waals surface area contributed by atoms with E-state index >= 15 is 0 Å². The van der Waals surface area contributed by atoms with E-state index < -0.39 is 0 Å². The highest BCUT2D eigenvalue weighted by molar-refractivity contribution is 5.17. The predicted molar refractivity (Wildman–Crippen MR) is 87.9 cm³/mol. The predicted octanol–water partition coefficient (Wildman–Crippen LogP) is 2.68. The molecule has 1 saturated carbocycles. The Labute approximate surface area is 134 Å². The summed E-state index contributed by atoms with van der Waals surface area (Å²) < 4.78 is 6.03. The van der Waals surface area contributed by atoms with Gasteiger partial charge in [0.25, 0.3) is 0 Å².